The Labute approximate surface area is 196 Å². The van der Waals surface area contributed by atoms with Gasteiger partial charge in [0.2, 0.25) is 10.0 Å². The lowest BCUT2D eigenvalue weighted by Crippen LogP contribution is -2.24. The second-order valence-electron chi connectivity index (χ2n) is 9.01. The van der Waals surface area contributed by atoms with E-state index in [0.29, 0.717) is 23.4 Å². The minimum absolute atomic E-state index is 0.341. The standard InChI is InChI=1S/C26H44N2O3S/c1-3-5-17-23(26-28-24(4-2)22-31-26)18-13-10-8-6-7-9-11-16-21-27-32(29,30)25-19-14-12-15-20-25/h12,14-15,19-20,23-24,27H,3-11,13,16-18,21-22H2,1-2H3/t23-,24+/m0/s1. The third-order valence-electron chi connectivity index (χ3n) is 6.28. The van der Waals surface area contributed by atoms with Crippen molar-refractivity contribution in [2.24, 2.45) is 10.9 Å². The third-order valence-corrected chi connectivity index (χ3v) is 7.76. The summed E-state index contributed by atoms with van der Waals surface area (Å²) in [5.74, 6) is 1.55. The summed E-state index contributed by atoms with van der Waals surface area (Å²) < 4.78 is 32.9. The van der Waals surface area contributed by atoms with E-state index in [2.05, 4.69) is 18.6 Å². The number of aliphatic imine (C=N–C) groups is 1. The summed E-state index contributed by atoms with van der Waals surface area (Å²) in [6.45, 7) is 5.73. The highest BCUT2D eigenvalue weighted by atomic mass is 32.2. The van der Waals surface area contributed by atoms with Crippen molar-refractivity contribution >= 4 is 15.9 Å². The van der Waals surface area contributed by atoms with Gasteiger partial charge in [0.1, 0.15) is 6.61 Å². The van der Waals surface area contributed by atoms with Crippen molar-refractivity contribution in [3.63, 3.8) is 0 Å². The van der Waals surface area contributed by atoms with Crippen molar-refractivity contribution in [2.45, 2.75) is 108 Å². The van der Waals surface area contributed by atoms with Crippen LogP contribution in [0, 0.1) is 5.92 Å². The predicted octanol–water partition coefficient (Wildman–Crippen LogP) is 6.49. The lowest BCUT2D eigenvalue weighted by Gasteiger charge is -2.16. The first-order valence-corrected chi connectivity index (χ1v) is 14.3. The van der Waals surface area contributed by atoms with E-state index < -0.39 is 10.0 Å². The zero-order chi connectivity index (χ0) is 23.1. The van der Waals surface area contributed by atoms with Crippen LogP contribution in [-0.2, 0) is 14.8 Å². The van der Waals surface area contributed by atoms with Crippen LogP contribution in [0.5, 0.6) is 0 Å². The monoisotopic (exact) mass is 464 g/mol. The molecule has 182 valence electrons. The van der Waals surface area contributed by atoms with E-state index in [-0.39, 0.29) is 0 Å². The number of rotatable bonds is 18. The third kappa shape index (κ3) is 10.0. The first-order valence-electron chi connectivity index (χ1n) is 12.8. The van der Waals surface area contributed by atoms with Gasteiger partial charge < -0.3 is 4.74 Å². The van der Waals surface area contributed by atoms with Gasteiger partial charge in [-0.2, -0.15) is 0 Å². The molecule has 2 rings (SSSR count). The number of hydrogen-bond acceptors (Lipinski definition) is 4. The van der Waals surface area contributed by atoms with Crippen molar-refractivity contribution in [3.8, 4) is 0 Å². The van der Waals surface area contributed by atoms with E-state index in [9.17, 15) is 8.42 Å². The molecule has 1 aromatic carbocycles. The van der Waals surface area contributed by atoms with Crippen LogP contribution < -0.4 is 4.72 Å². The Kier molecular flexibility index (Phi) is 13.0. The first kappa shape index (κ1) is 26.8. The van der Waals surface area contributed by atoms with E-state index >= 15 is 0 Å². The van der Waals surface area contributed by atoms with Gasteiger partial charge in [-0.1, -0.05) is 89.8 Å². The number of ether oxygens (including phenoxy) is 1. The molecule has 1 aliphatic heterocycles. The van der Waals surface area contributed by atoms with E-state index in [1.54, 1.807) is 24.3 Å². The van der Waals surface area contributed by atoms with Crippen molar-refractivity contribution in [1.82, 2.24) is 4.72 Å². The Bertz CT molecular complexity index is 750. The normalized spacial score (nSPS) is 17.2. The van der Waals surface area contributed by atoms with Crippen LogP contribution in [0.25, 0.3) is 0 Å². The lowest BCUT2D eigenvalue weighted by atomic mass is 9.94. The molecule has 1 aliphatic rings. The molecule has 0 unspecified atom stereocenters. The molecule has 32 heavy (non-hydrogen) atoms. The van der Waals surface area contributed by atoms with Gasteiger partial charge in [-0.05, 0) is 37.8 Å². The van der Waals surface area contributed by atoms with Gasteiger partial charge in [0.25, 0.3) is 0 Å². The van der Waals surface area contributed by atoms with Gasteiger partial charge in [-0.3, -0.25) is 0 Å². The van der Waals surface area contributed by atoms with Crippen molar-refractivity contribution in [2.75, 3.05) is 13.2 Å². The molecule has 0 fully saturated rings. The molecule has 1 N–H and O–H groups in total. The Balaban J connectivity index is 1.49. The van der Waals surface area contributed by atoms with Crippen LogP contribution in [0.1, 0.15) is 97.3 Å². The van der Waals surface area contributed by atoms with Gasteiger partial charge in [-0.25, -0.2) is 18.1 Å². The largest absolute Gasteiger partial charge is 0.478 e. The number of unbranched alkanes of at least 4 members (excludes halogenated alkanes) is 8. The fraction of sp³-hybridized carbons (Fsp3) is 0.731. The Morgan fingerprint density at radius 1 is 0.938 bits per heavy atom. The molecule has 5 nitrogen and oxygen atoms in total. The van der Waals surface area contributed by atoms with Gasteiger partial charge in [0, 0.05) is 12.5 Å². The van der Waals surface area contributed by atoms with E-state index in [4.69, 9.17) is 9.73 Å². The molecule has 0 saturated heterocycles. The maximum absolute atomic E-state index is 12.2. The van der Waals surface area contributed by atoms with Crippen LogP contribution in [0.4, 0.5) is 0 Å². The first-order chi connectivity index (χ1) is 15.6. The minimum atomic E-state index is -3.36. The molecule has 0 spiro atoms. The number of hydrogen-bond donors (Lipinski definition) is 1. The molecule has 0 aromatic heterocycles. The maximum Gasteiger partial charge on any atom is 0.240 e. The molecule has 0 aliphatic carbocycles. The average Bonchev–Trinajstić information content (AvgIpc) is 3.29. The summed E-state index contributed by atoms with van der Waals surface area (Å²) in [6.07, 6.45) is 15.4. The van der Waals surface area contributed by atoms with Gasteiger partial charge in [-0.15, -0.1) is 0 Å². The summed E-state index contributed by atoms with van der Waals surface area (Å²) in [5.41, 5.74) is 0. The van der Waals surface area contributed by atoms with E-state index in [1.807, 2.05) is 6.07 Å². The highest BCUT2D eigenvalue weighted by Gasteiger charge is 2.24. The molecule has 2 atom stereocenters. The zero-order valence-electron chi connectivity index (χ0n) is 20.2. The smallest absolute Gasteiger partial charge is 0.240 e. The minimum Gasteiger partial charge on any atom is -0.478 e. The highest BCUT2D eigenvalue weighted by Crippen LogP contribution is 2.24. The molecule has 1 heterocycles. The molecule has 0 amide bonds. The maximum atomic E-state index is 12.2. The molecule has 0 saturated carbocycles. The van der Waals surface area contributed by atoms with Crippen LogP contribution >= 0.6 is 0 Å². The lowest BCUT2D eigenvalue weighted by molar-refractivity contribution is 0.287. The second kappa shape index (κ2) is 15.4. The van der Waals surface area contributed by atoms with E-state index in [1.165, 1.54) is 64.2 Å². The summed E-state index contributed by atoms with van der Waals surface area (Å²) in [7, 11) is -3.36. The molecular weight excluding hydrogens is 420 g/mol. The van der Waals surface area contributed by atoms with Gasteiger partial charge in [0.05, 0.1) is 10.9 Å². The van der Waals surface area contributed by atoms with Crippen LogP contribution in [0.2, 0.25) is 0 Å². The predicted molar refractivity (Wildman–Crippen MR) is 134 cm³/mol. The highest BCUT2D eigenvalue weighted by molar-refractivity contribution is 7.89. The molecule has 0 radical (unpaired) electrons. The summed E-state index contributed by atoms with van der Waals surface area (Å²) in [5, 5.41) is 0. The van der Waals surface area contributed by atoms with Crippen molar-refractivity contribution in [1.29, 1.82) is 0 Å². The fourth-order valence-corrected chi connectivity index (χ4v) is 5.27. The summed E-state index contributed by atoms with van der Waals surface area (Å²) in [4.78, 5) is 5.15. The Hall–Kier alpha value is -1.40. The summed E-state index contributed by atoms with van der Waals surface area (Å²) in [6, 6.07) is 8.96. The van der Waals surface area contributed by atoms with Crippen molar-refractivity contribution < 1.29 is 13.2 Å². The number of sulfonamides is 1. The van der Waals surface area contributed by atoms with E-state index in [0.717, 1.165) is 31.8 Å². The quantitative estimate of drug-likeness (QED) is 0.252. The topological polar surface area (TPSA) is 67.8 Å². The van der Waals surface area contributed by atoms with Crippen LogP contribution in [0.3, 0.4) is 0 Å². The molecular formula is C26H44N2O3S. The Morgan fingerprint density at radius 2 is 1.56 bits per heavy atom. The van der Waals surface area contributed by atoms with Gasteiger partial charge in [0.15, 0.2) is 5.90 Å². The summed E-state index contributed by atoms with van der Waals surface area (Å²) >= 11 is 0. The zero-order valence-corrected chi connectivity index (χ0v) is 21.0. The number of nitrogens with zero attached hydrogens (tertiary/aromatic N) is 1. The fourth-order valence-electron chi connectivity index (χ4n) is 4.18. The average molecular weight is 465 g/mol. The van der Waals surface area contributed by atoms with Gasteiger partial charge >= 0.3 is 0 Å². The number of nitrogens with one attached hydrogen (secondary N) is 1. The molecule has 6 heteroatoms. The van der Waals surface area contributed by atoms with Crippen LogP contribution in [-0.4, -0.2) is 33.5 Å². The van der Waals surface area contributed by atoms with Crippen molar-refractivity contribution in [3.05, 3.63) is 30.3 Å². The van der Waals surface area contributed by atoms with Crippen LogP contribution in [0.15, 0.2) is 40.2 Å². The molecule has 1 aromatic rings. The second-order valence-corrected chi connectivity index (χ2v) is 10.8. The SMILES string of the molecule is CCCC[C@@H](CCCCCCCCCCNS(=O)(=O)c1ccccc1)C1=N[C@H](CC)CO1. The Morgan fingerprint density at radius 3 is 2.19 bits per heavy atom. The number of benzene rings is 1. The molecule has 0 bridgehead atoms.